The number of halogens is 2. The zero-order valence-corrected chi connectivity index (χ0v) is 13.1. The molecule has 2 aliphatic rings. The fourth-order valence-corrected chi connectivity index (χ4v) is 3.39. The minimum absolute atomic E-state index is 0.0283. The number of carbonyl (C=O) groups excluding carboxylic acids is 1. The second-order valence-corrected chi connectivity index (χ2v) is 6.52. The molecular formula is C19H18F2N2O. The third-order valence-corrected chi connectivity index (χ3v) is 4.86. The predicted molar refractivity (Wildman–Crippen MR) is 87.7 cm³/mol. The van der Waals surface area contributed by atoms with Gasteiger partial charge in [-0.1, -0.05) is 12.1 Å². The summed E-state index contributed by atoms with van der Waals surface area (Å²) in [5, 5.41) is 6.26. The molecule has 1 amide bonds. The number of hydrogen-bond acceptors (Lipinski definition) is 2. The standard InChI is InChI=1S/C19H18F2N2O/c20-17-4-2-12(8-18(17)21)15-9-16(15)19(24)23-14-3-1-11-5-6-22-10-13(11)7-14/h1-4,7-8,15-16,22H,5-6,9-10H2,(H,23,24)/t15-,16+/m1/s1. The second kappa shape index (κ2) is 5.98. The van der Waals surface area contributed by atoms with Gasteiger partial charge < -0.3 is 10.6 Å². The number of amides is 1. The summed E-state index contributed by atoms with van der Waals surface area (Å²) in [4.78, 5) is 12.4. The van der Waals surface area contributed by atoms with Gasteiger partial charge in [0.2, 0.25) is 5.91 Å². The maximum absolute atomic E-state index is 13.3. The smallest absolute Gasteiger partial charge is 0.228 e. The van der Waals surface area contributed by atoms with E-state index in [0.29, 0.717) is 12.0 Å². The summed E-state index contributed by atoms with van der Waals surface area (Å²) in [6.07, 6.45) is 1.67. The number of fused-ring (bicyclic) bond motifs is 1. The van der Waals surface area contributed by atoms with Gasteiger partial charge in [-0.2, -0.15) is 0 Å². The van der Waals surface area contributed by atoms with Crippen LogP contribution in [0.5, 0.6) is 0 Å². The van der Waals surface area contributed by atoms with Crippen LogP contribution in [0.4, 0.5) is 14.5 Å². The minimum Gasteiger partial charge on any atom is -0.326 e. The number of hydrogen-bond donors (Lipinski definition) is 2. The Hall–Kier alpha value is -2.27. The lowest BCUT2D eigenvalue weighted by molar-refractivity contribution is -0.117. The highest BCUT2D eigenvalue weighted by Crippen LogP contribution is 2.48. The molecule has 3 nitrogen and oxygen atoms in total. The molecule has 0 aromatic heterocycles. The Kier molecular flexibility index (Phi) is 3.81. The molecule has 2 N–H and O–H groups in total. The largest absolute Gasteiger partial charge is 0.326 e. The van der Waals surface area contributed by atoms with Crippen LogP contribution < -0.4 is 10.6 Å². The van der Waals surface area contributed by atoms with Gasteiger partial charge >= 0.3 is 0 Å². The van der Waals surface area contributed by atoms with Crippen molar-refractivity contribution < 1.29 is 13.6 Å². The molecule has 0 bridgehead atoms. The topological polar surface area (TPSA) is 41.1 Å². The Morgan fingerprint density at radius 1 is 1.08 bits per heavy atom. The molecule has 1 saturated carbocycles. The summed E-state index contributed by atoms with van der Waals surface area (Å²) in [6, 6.07) is 9.87. The first-order chi connectivity index (χ1) is 11.6. The van der Waals surface area contributed by atoms with E-state index in [4.69, 9.17) is 0 Å². The van der Waals surface area contributed by atoms with Crippen LogP contribution >= 0.6 is 0 Å². The highest BCUT2D eigenvalue weighted by atomic mass is 19.2. The Labute approximate surface area is 139 Å². The fourth-order valence-electron chi connectivity index (χ4n) is 3.39. The predicted octanol–water partition coefficient (Wildman–Crippen LogP) is 3.35. The van der Waals surface area contributed by atoms with Crippen molar-refractivity contribution in [3.63, 3.8) is 0 Å². The van der Waals surface area contributed by atoms with Crippen molar-refractivity contribution in [3.8, 4) is 0 Å². The van der Waals surface area contributed by atoms with Crippen molar-refractivity contribution in [1.29, 1.82) is 0 Å². The zero-order valence-electron chi connectivity index (χ0n) is 13.1. The van der Waals surface area contributed by atoms with E-state index in [1.54, 1.807) is 6.07 Å². The van der Waals surface area contributed by atoms with E-state index in [9.17, 15) is 13.6 Å². The molecule has 1 heterocycles. The second-order valence-electron chi connectivity index (χ2n) is 6.52. The van der Waals surface area contributed by atoms with Gasteiger partial charge in [0.1, 0.15) is 0 Å². The van der Waals surface area contributed by atoms with Gasteiger partial charge in [-0.05, 0) is 66.3 Å². The van der Waals surface area contributed by atoms with E-state index in [-0.39, 0.29) is 17.7 Å². The molecular weight excluding hydrogens is 310 g/mol. The van der Waals surface area contributed by atoms with Crippen LogP contribution in [0.2, 0.25) is 0 Å². The summed E-state index contributed by atoms with van der Waals surface area (Å²) in [5.74, 6) is -1.99. The minimum atomic E-state index is -0.860. The third kappa shape index (κ3) is 2.91. The van der Waals surface area contributed by atoms with Gasteiger partial charge in [0.05, 0.1) is 0 Å². The molecule has 1 aliphatic carbocycles. The Morgan fingerprint density at radius 2 is 1.96 bits per heavy atom. The van der Waals surface area contributed by atoms with E-state index in [2.05, 4.69) is 16.7 Å². The molecule has 5 heteroatoms. The number of rotatable bonds is 3. The maximum Gasteiger partial charge on any atom is 0.228 e. The average molecular weight is 328 g/mol. The van der Waals surface area contributed by atoms with Crippen LogP contribution in [0.25, 0.3) is 0 Å². The highest BCUT2D eigenvalue weighted by molar-refractivity contribution is 5.95. The van der Waals surface area contributed by atoms with Gasteiger partial charge in [0, 0.05) is 18.2 Å². The van der Waals surface area contributed by atoms with Gasteiger partial charge in [-0.15, -0.1) is 0 Å². The van der Waals surface area contributed by atoms with Crippen molar-refractivity contribution in [3.05, 3.63) is 64.7 Å². The summed E-state index contributed by atoms with van der Waals surface area (Å²) in [7, 11) is 0. The molecule has 4 rings (SSSR count). The molecule has 1 aliphatic heterocycles. The molecule has 1 fully saturated rings. The van der Waals surface area contributed by atoms with Crippen LogP contribution in [0.3, 0.4) is 0 Å². The summed E-state index contributed by atoms with van der Waals surface area (Å²) < 4.78 is 26.3. The molecule has 2 aromatic rings. The van der Waals surface area contributed by atoms with E-state index in [1.165, 1.54) is 17.2 Å². The van der Waals surface area contributed by atoms with Crippen LogP contribution in [0.1, 0.15) is 29.0 Å². The van der Waals surface area contributed by atoms with E-state index < -0.39 is 11.6 Å². The van der Waals surface area contributed by atoms with Crippen LogP contribution in [-0.4, -0.2) is 12.5 Å². The number of benzene rings is 2. The zero-order chi connectivity index (χ0) is 16.7. The third-order valence-electron chi connectivity index (χ3n) is 4.86. The molecule has 2 aromatic carbocycles. The van der Waals surface area contributed by atoms with E-state index in [0.717, 1.165) is 31.3 Å². The monoisotopic (exact) mass is 328 g/mol. The van der Waals surface area contributed by atoms with Crippen LogP contribution in [0.15, 0.2) is 36.4 Å². The van der Waals surface area contributed by atoms with Gasteiger partial charge in [0.25, 0.3) is 0 Å². The lowest BCUT2D eigenvalue weighted by Crippen LogP contribution is -2.24. The number of carbonyl (C=O) groups is 1. The van der Waals surface area contributed by atoms with Crippen molar-refractivity contribution in [1.82, 2.24) is 5.32 Å². The maximum atomic E-state index is 13.3. The first-order valence-electron chi connectivity index (χ1n) is 8.20. The van der Waals surface area contributed by atoms with Gasteiger partial charge in [0.15, 0.2) is 11.6 Å². The highest BCUT2D eigenvalue weighted by Gasteiger charge is 2.44. The van der Waals surface area contributed by atoms with Crippen LogP contribution in [-0.2, 0) is 17.8 Å². The Bertz CT molecular complexity index is 806. The molecule has 124 valence electrons. The Morgan fingerprint density at radius 3 is 2.79 bits per heavy atom. The number of nitrogens with one attached hydrogen (secondary N) is 2. The van der Waals surface area contributed by atoms with Crippen molar-refractivity contribution in [2.45, 2.75) is 25.3 Å². The van der Waals surface area contributed by atoms with Crippen molar-refractivity contribution in [2.24, 2.45) is 5.92 Å². The molecule has 0 unspecified atom stereocenters. The van der Waals surface area contributed by atoms with Crippen molar-refractivity contribution >= 4 is 11.6 Å². The first kappa shape index (κ1) is 15.3. The lowest BCUT2D eigenvalue weighted by Gasteiger charge is -2.18. The molecule has 24 heavy (non-hydrogen) atoms. The first-order valence-corrected chi connectivity index (χ1v) is 8.20. The fraction of sp³-hybridized carbons (Fsp3) is 0.316. The van der Waals surface area contributed by atoms with Crippen molar-refractivity contribution in [2.75, 3.05) is 11.9 Å². The van der Waals surface area contributed by atoms with Gasteiger partial charge in [-0.3, -0.25) is 4.79 Å². The lowest BCUT2D eigenvalue weighted by atomic mass is 10.0. The SMILES string of the molecule is O=C(Nc1ccc2c(c1)CNCC2)[C@H]1C[C@@H]1c1ccc(F)c(F)c1. The quantitative estimate of drug-likeness (QED) is 0.907. The molecule has 0 radical (unpaired) electrons. The summed E-state index contributed by atoms with van der Waals surface area (Å²) >= 11 is 0. The van der Waals surface area contributed by atoms with E-state index in [1.807, 2.05) is 12.1 Å². The molecule has 0 spiro atoms. The van der Waals surface area contributed by atoms with Gasteiger partial charge in [-0.25, -0.2) is 8.78 Å². The van der Waals surface area contributed by atoms with Crippen LogP contribution in [0, 0.1) is 17.6 Å². The Balaban J connectivity index is 1.43. The summed E-state index contributed by atoms with van der Waals surface area (Å²) in [6.45, 7) is 1.80. The number of anilines is 1. The normalized spacial score (nSPS) is 21.9. The van der Waals surface area contributed by atoms with E-state index >= 15 is 0 Å². The molecule has 2 atom stereocenters. The average Bonchev–Trinajstić information content (AvgIpc) is 3.38. The molecule has 0 saturated heterocycles. The summed E-state index contributed by atoms with van der Waals surface area (Å²) in [5.41, 5.74) is 4.01.